The Morgan fingerprint density at radius 3 is 2.83 bits per heavy atom. The molecule has 1 saturated heterocycles. The minimum atomic E-state index is -0.301. The standard InChI is InChI=1S/C18H17N3O2/c1-13(20-16-6-2-4-14(10-16)12-19)15-5-3-7-17(11-15)21-8-9-23-18(21)22/h2-7,10-11,13,20H,8-9H2,1H3/t13-/m0/s1. The Kier molecular flexibility index (Phi) is 4.15. The number of nitrogens with one attached hydrogen (secondary N) is 1. The second-order valence-corrected chi connectivity index (χ2v) is 5.42. The van der Waals surface area contributed by atoms with Gasteiger partial charge >= 0.3 is 6.09 Å². The predicted molar refractivity (Wildman–Crippen MR) is 88.3 cm³/mol. The Balaban J connectivity index is 1.78. The third-order valence-corrected chi connectivity index (χ3v) is 3.82. The van der Waals surface area contributed by atoms with Crippen molar-refractivity contribution >= 4 is 17.5 Å². The second kappa shape index (κ2) is 6.41. The van der Waals surface area contributed by atoms with Crippen molar-refractivity contribution in [2.45, 2.75) is 13.0 Å². The van der Waals surface area contributed by atoms with Gasteiger partial charge in [0, 0.05) is 17.4 Å². The third-order valence-electron chi connectivity index (χ3n) is 3.82. The van der Waals surface area contributed by atoms with Crippen LogP contribution >= 0.6 is 0 Å². The van der Waals surface area contributed by atoms with Gasteiger partial charge in [0.1, 0.15) is 6.61 Å². The van der Waals surface area contributed by atoms with Crippen LogP contribution in [0, 0.1) is 11.3 Å². The van der Waals surface area contributed by atoms with E-state index in [2.05, 4.69) is 11.4 Å². The van der Waals surface area contributed by atoms with Crippen LogP contribution < -0.4 is 10.2 Å². The minimum Gasteiger partial charge on any atom is -0.447 e. The molecule has 1 amide bonds. The smallest absolute Gasteiger partial charge is 0.414 e. The number of carbonyl (C=O) groups excluding carboxylic acids is 1. The average Bonchev–Trinajstić information content (AvgIpc) is 3.01. The van der Waals surface area contributed by atoms with Gasteiger partial charge in [-0.1, -0.05) is 18.2 Å². The van der Waals surface area contributed by atoms with Gasteiger partial charge in [0.2, 0.25) is 0 Å². The molecule has 1 aliphatic heterocycles. The van der Waals surface area contributed by atoms with E-state index in [1.165, 1.54) is 0 Å². The molecule has 116 valence electrons. The van der Waals surface area contributed by atoms with Crippen LogP contribution in [0.5, 0.6) is 0 Å². The summed E-state index contributed by atoms with van der Waals surface area (Å²) in [5.74, 6) is 0. The first-order valence-electron chi connectivity index (χ1n) is 7.48. The molecule has 2 aromatic carbocycles. The number of cyclic esters (lactones) is 1. The highest BCUT2D eigenvalue weighted by Crippen LogP contribution is 2.25. The zero-order chi connectivity index (χ0) is 16.2. The van der Waals surface area contributed by atoms with E-state index in [4.69, 9.17) is 10.00 Å². The topological polar surface area (TPSA) is 65.4 Å². The summed E-state index contributed by atoms with van der Waals surface area (Å²) in [4.78, 5) is 13.3. The molecule has 0 spiro atoms. The molecule has 0 bridgehead atoms. The molecule has 1 N–H and O–H groups in total. The molecule has 0 radical (unpaired) electrons. The number of carbonyl (C=O) groups is 1. The van der Waals surface area contributed by atoms with Gasteiger partial charge in [-0.2, -0.15) is 5.26 Å². The first kappa shape index (κ1) is 14.9. The van der Waals surface area contributed by atoms with E-state index in [1.807, 2.05) is 49.4 Å². The molecule has 23 heavy (non-hydrogen) atoms. The lowest BCUT2D eigenvalue weighted by molar-refractivity contribution is 0.181. The van der Waals surface area contributed by atoms with Crippen LogP contribution in [0.1, 0.15) is 24.1 Å². The molecule has 5 nitrogen and oxygen atoms in total. The monoisotopic (exact) mass is 307 g/mol. The van der Waals surface area contributed by atoms with Crippen molar-refractivity contribution in [2.75, 3.05) is 23.4 Å². The van der Waals surface area contributed by atoms with Crippen LogP contribution in [0.2, 0.25) is 0 Å². The Morgan fingerprint density at radius 2 is 2.09 bits per heavy atom. The number of hydrogen-bond donors (Lipinski definition) is 1. The highest BCUT2D eigenvalue weighted by atomic mass is 16.6. The van der Waals surface area contributed by atoms with Crippen molar-refractivity contribution < 1.29 is 9.53 Å². The Hall–Kier alpha value is -3.00. The number of anilines is 2. The van der Waals surface area contributed by atoms with E-state index >= 15 is 0 Å². The number of rotatable bonds is 4. The van der Waals surface area contributed by atoms with E-state index in [1.54, 1.807) is 11.0 Å². The lowest BCUT2D eigenvalue weighted by Crippen LogP contribution is -2.23. The quantitative estimate of drug-likeness (QED) is 0.935. The highest BCUT2D eigenvalue weighted by Gasteiger charge is 2.23. The SMILES string of the molecule is C[C@H](Nc1cccc(C#N)c1)c1cccc(N2CCOC2=O)c1. The third kappa shape index (κ3) is 3.27. The fraction of sp³-hybridized carbons (Fsp3) is 0.222. The summed E-state index contributed by atoms with van der Waals surface area (Å²) in [6, 6.07) is 17.4. The van der Waals surface area contributed by atoms with Gasteiger partial charge < -0.3 is 10.1 Å². The molecule has 1 fully saturated rings. The summed E-state index contributed by atoms with van der Waals surface area (Å²) in [7, 11) is 0. The lowest BCUT2D eigenvalue weighted by atomic mass is 10.1. The van der Waals surface area contributed by atoms with E-state index in [0.717, 1.165) is 16.9 Å². The van der Waals surface area contributed by atoms with Crippen molar-refractivity contribution in [3.05, 3.63) is 59.7 Å². The first-order valence-corrected chi connectivity index (χ1v) is 7.48. The Bertz CT molecular complexity index is 767. The van der Waals surface area contributed by atoms with Gasteiger partial charge in [0.05, 0.1) is 18.2 Å². The predicted octanol–water partition coefficient (Wildman–Crippen LogP) is 3.69. The van der Waals surface area contributed by atoms with E-state index in [-0.39, 0.29) is 12.1 Å². The molecule has 0 aromatic heterocycles. The lowest BCUT2D eigenvalue weighted by Gasteiger charge is -2.19. The van der Waals surface area contributed by atoms with Crippen LogP contribution in [-0.2, 0) is 4.74 Å². The van der Waals surface area contributed by atoms with E-state index in [0.29, 0.717) is 18.7 Å². The molecule has 3 rings (SSSR count). The summed E-state index contributed by atoms with van der Waals surface area (Å²) >= 11 is 0. The highest BCUT2D eigenvalue weighted by molar-refractivity contribution is 5.89. The van der Waals surface area contributed by atoms with Crippen molar-refractivity contribution in [3.8, 4) is 6.07 Å². The van der Waals surface area contributed by atoms with Crippen LogP contribution in [0.4, 0.5) is 16.2 Å². The van der Waals surface area contributed by atoms with Gasteiger partial charge in [0.25, 0.3) is 0 Å². The fourth-order valence-electron chi connectivity index (χ4n) is 2.60. The van der Waals surface area contributed by atoms with Gasteiger partial charge in [-0.3, -0.25) is 4.90 Å². The largest absolute Gasteiger partial charge is 0.447 e. The summed E-state index contributed by atoms with van der Waals surface area (Å²) in [5, 5.41) is 12.3. The number of benzene rings is 2. The number of nitriles is 1. The molecule has 2 aromatic rings. The van der Waals surface area contributed by atoms with Gasteiger partial charge in [-0.05, 0) is 42.8 Å². The van der Waals surface area contributed by atoms with Gasteiger partial charge in [-0.15, -0.1) is 0 Å². The molecule has 1 atom stereocenters. The fourth-order valence-corrected chi connectivity index (χ4v) is 2.60. The number of hydrogen-bond acceptors (Lipinski definition) is 4. The molecular formula is C18H17N3O2. The second-order valence-electron chi connectivity index (χ2n) is 5.42. The maximum atomic E-state index is 11.7. The molecular weight excluding hydrogens is 290 g/mol. The van der Waals surface area contributed by atoms with E-state index < -0.39 is 0 Å². The van der Waals surface area contributed by atoms with Gasteiger partial charge in [0.15, 0.2) is 0 Å². The molecule has 1 aliphatic rings. The molecule has 0 aliphatic carbocycles. The molecule has 5 heteroatoms. The van der Waals surface area contributed by atoms with Crippen LogP contribution in [0.25, 0.3) is 0 Å². The van der Waals surface area contributed by atoms with Crippen molar-refractivity contribution in [1.29, 1.82) is 5.26 Å². The van der Waals surface area contributed by atoms with Crippen LogP contribution in [0.3, 0.4) is 0 Å². The molecule has 0 saturated carbocycles. The summed E-state index contributed by atoms with van der Waals surface area (Å²) in [6.45, 7) is 3.05. The summed E-state index contributed by atoms with van der Waals surface area (Å²) < 4.78 is 4.98. The Labute approximate surface area is 135 Å². The first-order chi connectivity index (χ1) is 11.2. The number of ether oxygens (including phenoxy) is 1. The average molecular weight is 307 g/mol. The normalized spacial score (nSPS) is 15.0. The minimum absolute atomic E-state index is 0.0440. The van der Waals surface area contributed by atoms with Crippen molar-refractivity contribution in [2.24, 2.45) is 0 Å². The number of amides is 1. The van der Waals surface area contributed by atoms with E-state index in [9.17, 15) is 4.79 Å². The maximum absolute atomic E-state index is 11.7. The zero-order valence-corrected chi connectivity index (χ0v) is 12.8. The summed E-state index contributed by atoms with van der Waals surface area (Å²) in [5.41, 5.74) is 3.41. The number of nitrogens with zero attached hydrogens (tertiary/aromatic N) is 2. The van der Waals surface area contributed by atoms with Crippen molar-refractivity contribution in [1.82, 2.24) is 0 Å². The zero-order valence-electron chi connectivity index (χ0n) is 12.8. The Morgan fingerprint density at radius 1 is 1.26 bits per heavy atom. The van der Waals surface area contributed by atoms with Crippen LogP contribution in [0.15, 0.2) is 48.5 Å². The van der Waals surface area contributed by atoms with Crippen LogP contribution in [-0.4, -0.2) is 19.2 Å². The van der Waals surface area contributed by atoms with Crippen molar-refractivity contribution in [3.63, 3.8) is 0 Å². The molecule has 0 unspecified atom stereocenters. The summed E-state index contributed by atoms with van der Waals surface area (Å²) in [6.07, 6.45) is -0.301. The maximum Gasteiger partial charge on any atom is 0.414 e. The molecule has 1 heterocycles. The van der Waals surface area contributed by atoms with Gasteiger partial charge in [-0.25, -0.2) is 4.79 Å².